The van der Waals surface area contributed by atoms with Gasteiger partial charge in [0.1, 0.15) is 11.5 Å². The van der Waals surface area contributed by atoms with Crippen LogP contribution in [0, 0.1) is 17.2 Å². The molecule has 1 amide bonds. The van der Waals surface area contributed by atoms with Crippen LogP contribution in [0.2, 0.25) is 0 Å². The van der Waals surface area contributed by atoms with Crippen LogP contribution in [-0.4, -0.2) is 23.8 Å². The Morgan fingerprint density at radius 2 is 2.25 bits per heavy atom. The Morgan fingerprint density at radius 1 is 1.43 bits per heavy atom. The summed E-state index contributed by atoms with van der Waals surface area (Å²) in [5.41, 5.74) is 7.40. The molecule has 28 heavy (non-hydrogen) atoms. The van der Waals surface area contributed by atoms with E-state index in [1.165, 1.54) is 4.90 Å². The summed E-state index contributed by atoms with van der Waals surface area (Å²) in [7, 11) is 1.67. The average molecular weight is 409 g/mol. The van der Waals surface area contributed by atoms with Gasteiger partial charge in [-0.3, -0.25) is 9.69 Å². The largest absolute Gasteiger partial charge is 0.369 e. The van der Waals surface area contributed by atoms with Gasteiger partial charge in [0, 0.05) is 16.8 Å². The standard InChI is InChI=1S/C21H20N4OS2/c1-21(17-10-15(12-28-17)14-6-3-5-13(9-14)11-22)18(16-7-4-8-27-16)19(26)25(2)20(23)24-21/h3-4,6-10,12-13,18H,5H2,1-2H3,(H2,23,24)/t13?,18-,21-/m1/s1. The Balaban J connectivity index is 1.79. The first-order valence-corrected chi connectivity index (χ1v) is 10.7. The molecule has 2 aliphatic rings. The van der Waals surface area contributed by atoms with Gasteiger partial charge in [0.05, 0.1) is 12.0 Å². The summed E-state index contributed by atoms with van der Waals surface area (Å²) in [5.74, 6) is -0.333. The predicted octanol–water partition coefficient (Wildman–Crippen LogP) is 4.08. The van der Waals surface area contributed by atoms with Crippen LogP contribution < -0.4 is 5.73 Å². The van der Waals surface area contributed by atoms with E-state index in [2.05, 4.69) is 23.6 Å². The third-order valence-electron chi connectivity index (χ3n) is 5.32. The molecule has 1 unspecified atom stereocenters. The summed E-state index contributed by atoms with van der Waals surface area (Å²) in [6, 6.07) is 8.33. The summed E-state index contributed by atoms with van der Waals surface area (Å²) in [5, 5.41) is 13.3. The molecule has 142 valence electrons. The van der Waals surface area contributed by atoms with Crippen molar-refractivity contribution in [3.05, 3.63) is 62.5 Å². The first-order valence-electron chi connectivity index (χ1n) is 8.97. The number of likely N-dealkylation sites (N-methyl/N-ethyl adjacent to an activating group) is 1. The summed E-state index contributed by atoms with van der Waals surface area (Å²) in [4.78, 5) is 21.3. The molecule has 0 radical (unpaired) electrons. The van der Waals surface area contributed by atoms with Crippen molar-refractivity contribution in [2.75, 3.05) is 7.05 Å². The molecule has 4 rings (SSSR count). The van der Waals surface area contributed by atoms with Gasteiger partial charge in [-0.1, -0.05) is 24.3 Å². The second-order valence-corrected chi connectivity index (χ2v) is 9.05. The molecule has 0 spiro atoms. The van der Waals surface area contributed by atoms with Gasteiger partial charge in [-0.25, -0.2) is 4.99 Å². The smallest absolute Gasteiger partial charge is 0.240 e. The van der Waals surface area contributed by atoms with Gasteiger partial charge in [0.15, 0.2) is 5.96 Å². The van der Waals surface area contributed by atoms with Crippen molar-refractivity contribution in [1.82, 2.24) is 4.90 Å². The van der Waals surface area contributed by atoms with Gasteiger partial charge >= 0.3 is 0 Å². The van der Waals surface area contributed by atoms with Crippen molar-refractivity contribution >= 4 is 40.1 Å². The van der Waals surface area contributed by atoms with Crippen LogP contribution in [0.4, 0.5) is 0 Å². The highest BCUT2D eigenvalue weighted by molar-refractivity contribution is 7.11. The van der Waals surface area contributed by atoms with Crippen LogP contribution in [0.3, 0.4) is 0 Å². The van der Waals surface area contributed by atoms with Crippen molar-refractivity contribution in [3.63, 3.8) is 0 Å². The number of allylic oxidation sites excluding steroid dienone is 4. The third kappa shape index (κ3) is 2.99. The minimum Gasteiger partial charge on any atom is -0.369 e. The lowest BCUT2D eigenvalue weighted by Gasteiger charge is -2.39. The Morgan fingerprint density at radius 3 is 2.96 bits per heavy atom. The number of hydrogen-bond acceptors (Lipinski definition) is 6. The SMILES string of the molecule is CN1C(=O)[C@@H](c2cccs2)[C@@](C)(c2cc(C3=CC(C#N)CC=C3)cs2)N=C1N. The number of amides is 1. The molecule has 0 saturated carbocycles. The fourth-order valence-electron chi connectivity index (χ4n) is 3.69. The molecule has 2 N–H and O–H groups in total. The van der Waals surface area contributed by atoms with Crippen molar-refractivity contribution in [3.8, 4) is 6.07 Å². The summed E-state index contributed by atoms with van der Waals surface area (Å²) < 4.78 is 0. The predicted molar refractivity (Wildman–Crippen MR) is 114 cm³/mol. The zero-order valence-corrected chi connectivity index (χ0v) is 17.3. The number of nitrogens with two attached hydrogens (primary N) is 1. The molecular formula is C21H20N4OS2. The van der Waals surface area contributed by atoms with Gasteiger partial charge in [0.2, 0.25) is 5.91 Å². The van der Waals surface area contributed by atoms with Gasteiger partial charge in [-0.15, -0.1) is 22.7 Å². The van der Waals surface area contributed by atoms with E-state index in [4.69, 9.17) is 10.7 Å². The number of rotatable bonds is 3. The molecule has 1 aliphatic heterocycles. The fraction of sp³-hybridized carbons (Fsp3) is 0.286. The molecule has 0 bridgehead atoms. The second-order valence-electron chi connectivity index (χ2n) is 7.16. The summed E-state index contributed by atoms with van der Waals surface area (Å²) >= 11 is 3.14. The zero-order chi connectivity index (χ0) is 19.9. The van der Waals surface area contributed by atoms with Crippen LogP contribution in [0.15, 0.2) is 52.2 Å². The zero-order valence-electron chi connectivity index (χ0n) is 15.6. The maximum Gasteiger partial charge on any atom is 0.240 e. The van der Waals surface area contributed by atoms with Crippen LogP contribution in [0.25, 0.3) is 5.57 Å². The van der Waals surface area contributed by atoms with Crippen molar-refractivity contribution in [2.24, 2.45) is 16.6 Å². The number of nitriles is 1. The molecule has 7 heteroatoms. The molecule has 2 aromatic heterocycles. The number of carbonyl (C=O) groups is 1. The van der Waals surface area contributed by atoms with E-state index in [-0.39, 0.29) is 17.8 Å². The molecule has 0 fully saturated rings. The van der Waals surface area contributed by atoms with Crippen LogP contribution in [-0.2, 0) is 10.3 Å². The molecule has 5 nitrogen and oxygen atoms in total. The van der Waals surface area contributed by atoms with E-state index in [1.54, 1.807) is 29.7 Å². The average Bonchev–Trinajstić information content (AvgIpc) is 3.39. The second kappa shape index (κ2) is 7.04. The first kappa shape index (κ1) is 18.7. The van der Waals surface area contributed by atoms with Crippen LogP contribution >= 0.6 is 22.7 Å². The van der Waals surface area contributed by atoms with Gasteiger partial charge < -0.3 is 5.73 Å². The summed E-state index contributed by atoms with van der Waals surface area (Å²) in [6.07, 6.45) is 6.83. The lowest BCUT2D eigenvalue weighted by molar-refractivity contribution is -0.130. The lowest BCUT2D eigenvalue weighted by Crippen LogP contribution is -2.52. The van der Waals surface area contributed by atoms with Crippen molar-refractivity contribution in [1.29, 1.82) is 5.26 Å². The molecule has 0 saturated heterocycles. The highest BCUT2D eigenvalue weighted by Gasteiger charge is 2.48. The Labute approximate surface area is 172 Å². The minimum absolute atomic E-state index is 0.0475. The number of aliphatic imine (C=N–C) groups is 1. The van der Waals surface area contributed by atoms with Gasteiger partial charge in [0.25, 0.3) is 0 Å². The van der Waals surface area contributed by atoms with Crippen LogP contribution in [0.5, 0.6) is 0 Å². The molecule has 0 aromatic carbocycles. The normalized spacial score (nSPS) is 27.3. The molecule has 1 aliphatic carbocycles. The molecule has 3 heterocycles. The lowest BCUT2D eigenvalue weighted by atomic mass is 9.81. The Hall–Kier alpha value is -2.69. The van der Waals surface area contributed by atoms with Crippen molar-refractivity contribution in [2.45, 2.75) is 24.8 Å². The molecule has 2 aromatic rings. The highest BCUT2D eigenvalue weighted by Crippen LogP contribution is 2.47. The Bertz CT molecular complexity index is 1040. The van der Waals surface area contributed by atoms with Crippen molar-refractivity contribution < 1.29 is 4.79 Å². The van der Waals surface area contributed by atoms with Gasteiger partial charge in [-0.05, 0) is 47.4 Å². The summed E-state index contributed by atoms with van der Waals surface area (Å²) in [6.45, 7) is 1.98. The molecule has 3 atom stereocenters. The minimum atomic E-state index is -0.769. The quantitative estimate of drug-likeness (QED) is 0.831. The van der Waals surface area contributed by atoms with E-state index < -0.39 is 11.5 Å². The number of thiophene rings is 2. The third-order valence-corrected chi connectivity index (χ3v) is 7.42. The van der Waals surface area contributed by atoms with Gasteiger partial charge in [-0.2, -0.15) is 5.26 Å². The van der Waals surface area contributed by atoms with E-state index >= 15 is 0 Å². The monoisotopic (exact) mass is 408 g/mol. The Kier molecular flexibility index (Phi) is 4.69. The van der Waals surface area contributed by atoms with E-state index in [1.807, 2.05) is 36.6 Å². The maximum atomic E-state index is 13.1. The number of guanidine groups is 1. The number of nitrogens with zero attached hydrogens (tertiary/aromatic N) is 3. The number of carbonyl (C=O) groups excluding carboxylic acids is 1. The maximum absolute atomic E-state index is 13.1. The molecular weight excluding hydrogens is 388 g/mol. The topological polar surface area (TPSA) is 82.5 Å². The number of hydrogen-bond donors (Lipinski definition) is 1. The van der Waals surface area contributed by atoms with E-state index in [9.17, 15) is 10.1 Å². The van der Waals surface area contributed by atoms with E-state index in [0.717, 1.165) is 27.3 Å². The highest BCUT2D eigenvalue weighted by atomic mass is 32.1. The van der Waals surface area contributed by atoms with Crippen LogP contribution in [0.1, 0.15) is 34.6 Å². The van der Waals surface area contributed by atoms with E-state index in [0.29, 0.717) is 0 Å². The first-order chi connectivity index (χ1) is 13.4. The fourth-order valence-corrected chi connectivity index (χ4v) is 5.69.